The number of aromatic nitrogens is 2. The van der Waals surface area contributed by atoms with Gasteiger partial charge in [0.15, 0.2) is 0 Å². The highest BCUT2D eigenvalue weighted by Gasteiger charge is 2.25. The van der Waals surface area contributed by atoms with Crippen LogP contribution in [0.5, 0.6) is 0 Å². The lowest BCUT2D eigenvalue weighted by Crippen LogP contribution is -2.45. The molecule has 1 aliphatic heterocycles. The maximum Gasteiger partial charge on any atom is 0.270 e. The monoisotopic (exact) mass is 344 g/mol. The minimum absolute atomic E-state index is 0.0963. The van der Waals surface area contributed by atoms with Crippen molar-refractivity contribution in [1.82, 2.24) is 14.5 Å². The molecule has 1 fully saturated rings. The molecule has 2 heterocycles. The summed E-state index contributed by atoms with van der Waals surface area (Å²) in [5, 5.41) is 11.1. The van der Waals surface area contributed by atoms with Crippen LogP contribution in [0.25, 0.3) is 10.9 Å². The number of likely N-dealkylation sites (tertiary alicyclic amines) is 1. The fraction of sp³-hybridized carbons (Fsp3) is 0.471. The average Bonchev–Trinajstić information content (AvgIpc) is 2.63. The Kier molecular flexibility index (Phi) is 4.78. The van der Waals surface area contributed by atoms with Crippen molar-refractivity contribution in [2.24, 2.45) is 0 Å². The molecule has 1 atom stereocenters. The summed E-state index contributed by atoms with van der Waals surface area (Å²) in [6.45, 7) is 2.67. The number of nitro groups is 1. The van der Waals surface area contributed by atoms with E-state index in [1.54, 1.807) is 0 Å². The second-order valence-corrected chi connectivity index (χ2v) is 6.28. The summed E-state index contributed by atoms with van der Waals surface area (Å²) in [7, 11) is 0. The van der Waals surface area contributed by atoms with E-state index in [2.05, 4.69) is 11.9 Å². The number of benzene rings is 1. The zero-order chi connectivity index (χ0) is 18.0. The normalized spacial score (nSPS) is 17.6. The molecule has 1 amide bonds. The third kappa shape index (κ3) is 3.38. The molecule has 1 aromatic heterocycles. The molecular weight excluding hydrogens is 324 g/mol. The summed E-state index contributed by atoms with van der Waals surface area (Å²) in [5.74, 6) is -0.111. The van der Waals surface area contributed by atoms with E-state index in [0.717, 1.165) is 25.7 Å². The van der Waals surface area contributed by atoms with Gasteiger partial charge in [0, 0.05) is 24.7 Å². The van der Waals surface area contributed by atoms with Crippen molar-refractivity contribution >= 4 is 22.5 Å². The number of amides is 1. The minimum Gasteiger partial charge on any atom is -0.338 e. The van der Waals surface area contributed by atoms with E-state index in [9.17, 15) is 19.7 Å². The van der Waals surface area contributed by atoms with Crippen LogP contribution in [0.1, 0.15) is 32.6 Å². The van der Waals surface area contributed by atoms with E-state index in [0.29, 0.717) is 12.1 Å². The van der Waals surface area contributed by atoms with Crippen molar-refractivity contribution < 1.29 is 9.72 Å². The quantitative estimate of drug-likeness (QED) is 0.625. The first kappa shape index (κ1) is 17.1. The standard InChI is InChI=1S/C17H20N4O4/c1-2-12-5-3-4-8-20(12)16(22)10-19-11-18-15-7-6-13(21(24)25)9-14(15)17(19)23/h6-7,9,11-12H,2-5,8,10H2,1H3/t12-/m0/s1. The highest BCUT2D eigenvalue weighted by Crippen LogP contribution is 2.20. The smallest absolute Gasteiger partial charge is 0.270 e. The highest BCUT2D eigenvalue weighted by atomic mass is 16.6. The van der Waals surface area contributed by atoms with Crippen molar-refractivity contribution in [2.45, 2.75) is 45.2 Å². The largest absolute Gasteiger partial charge is 0.338 e. The Labute approximate surface area is 144 Å². The number of carbonyl (C=O) groups excluding carboxylic acids is 1. The van der Waals surface area contributed by atoms with E-state index in [4.69, 9.17) is 0 Å². The first-order valence-corrected chi connectivity index (χ1v) is 8.44. The Hall–Kier alpha value is -2.77. The van der Waals surface area contributed by atoms with Crippen molar-refractivity contribution in [3.8, 4) is 0 Å². The average molecular weight is 344 g/mol. The molecule has 1 aliphatic rings. The molecular formula is C17H20N4O4. The number of nitrogens with zero attached hydrogens (tertiary/aromatic N) is 4. The van der Waals surface area contributed by atoms with E-state index in [-0.39, 0.29) is 29.6 Å². The van der Waals surface area contributed by atoms with Gasteiger partial charge in [0.25, 0.3) is 11.2 Å². The fourth-order valence-corrected chi connectivity index (χ4v) is 3.36. The predicted molar refractivity (Wildman–Crippen MR) is 92.3 cm³/mol. The van der Waals surface area contributed by atoms with Crippen LogP contribution < -0.4 is 5.56 Å². The van der Waals surface area contributed by atoms with E-state index < -0.39 is 10.5 Å². The Bertz CT molecular complexity index is 877. The molecule has 0 spiro atoms. The van der Waals surface area contributed by atoms with Crippen molar-refractivity contribution in [1.29, 1.82) is 0 Å². The first-order chi connectivity index (χ1) is 12.0. The van der Waals surface area contributed by atoms with Crippen LogP contribution in [0.4, 0.5) is 5.69 Å². The zero-order valence-electron chi connectivity index (χ0n) is 14.1. The number of hydrogen-bond donors (Lipinski definition) is 0. The van der Waals surface area contributed by atoms with Crippen LogP contribution in [0.3, 0.4) is 0 Å². The van der Waals surface area contributed by atoms with Gasteiger partial charge in [-0.05, 0) is 31.7 Å². The van der Waals surface area contributed by atoms with Gasteiger partial charge in [0.05, 0.1) is 22.2 Å². The molecule has 8 heteroatoms. The number of hydrogen-bond acceptors (Lipinski definition) is 5. The molecule has 0 radical (unpaired) electrons. The Morgan fingerprint density at radius 3 is 2.92 bits per heavy atom. The van der Waals surface area contributed by atoms with E-state index in [1.165, 1.54) is 29.1 Å². The van der Waals surface area contributed by atoms with Crippen LogP contribution in [0.2, 0.25) is 0 Å². The number of fused-ring (bicyclic) bond motifs is 1. The van der Waals surface area contributed by atoms with Gasteiger partial charge in [-0.15, -0.1) is 0 Å². The Morgan fingerprint density at radius 2 is 2.20 bits per heavy atom. The van der Waals surface area contributed by atoms with Gasteiger partial charge in [0.1, 0.15) is 6.54 Å². The predicted octanol–water partition coefficient (Wildman–Crippen LogP) is 2.10. The van der Waals surface area contributed by atoms with E-state index in [1.807, 2.05) is 4.90 Å². The zero-order valence-corrected chi connectivity index (χ0v) is 14.1. The van der Waals surface area contributed by atoms with Crippen LogP contribution in [0.15, 0.2) is 29.3 Å². The van der Waals surface area contributed by atoms with Crippen molar-refractivity contribution in [3.63, 3.8) is 0 Å². The summed E-state index contributed by atoms with van der Waals surface area (Å²) in [6, 6.07) is 4.18. The summed E-state index contributed by atoms with van der Waals surface area (Å²) < 4.78 is 1.23. The molecule has 25 heavy (non-hydrogen) atoms. The minimum atomic E-state index is -0.555. The van der Waals surface area contributed by atoms with Gasteiger partial charge in [-0.2, -0.15) is 0 Å². The molecule has 1 saturated heterocycles. The number of rotatable bonds is 4. The van der Waals surface area contributed by atoms with Crippen LogP contribution in [-0.4, -0.2) is 37.9 Å². The third-order valence-corrected chi connectivity index (χ3v) is 4.74. The number of non-ortho nitro benzene ring substituents is 1. The van der Waals surface area contributed by atoms with Crippen LogP contribution in [0, 0.1) is 10.1 Å². The molecule has 0 bridgehead atoms. The fourth-order valence-electron chi connectivity index (χ4n) is 3.36. The topological polar surface area (TPSA) is 98.3 Å². The van der Waals surface area contributed by atoms with Gasteiger partial charge in [-0.25, -0.2) is 4.98 Å². The molecule has 0 unspecified atom stereocenters. The van der Waals surface area contributed by atoms with Gasteiger partial charge >= 0.3 is 0 Å². The summed E-state index contributed by atoms with van der Waals surface area (Å²) in [6.07, 6.45) is 5.30. The van der Waals surface area contributed by atoms with Gasteiger partial charge in [-0.3, -0.25) is 24.3 Å². The molecule has 2 aromatic rings. The van der Waals surface area contributed by atoms with Gasteiger partial charge in [0.2, 0.25) is 5.91 Å². The third-order valence-electron chi connectivity index (χ3n) is 4.74. The Morgan fingerprint density at radius 1 is 1.40 bits per heavy atom. The van der Waals surface area contributed by atoms with Crippen LogP contribution >= 0.6 is 0 Å². The van der Waals surface area contributed by atoms with Crippen molar-refractivity contribution in [3.05, 3.63) is 45.0 Å². The molecule has 8 nitrogen and oxygen atoms in total. The number of nitro benzene ring substituents is 1. The molecule has 3 rings (SSSR count). The molecule has 0 aliphatic carbocycles. The SMILES string of the molecule is CC[C@H]1CCCCN1C(=O)Cn1cnc2ccc([N+](=O)[O-])cc2c1=O. The highest BCUT2D eigenvalue weighted by molar-refractivity contribution is 5.81. The maximum absolute atomic E-state index is 12.6. The Balaban J connectivity index is 1.90. The van der Waals surface area contributed by atoms with Gasteiger partial charge < -0.3 is 4.90 Å². The molecule has 1 aromatic carbocycles. The van der Waals surface area contributed by atoms with E-state index >= 15 is 0 Å². The number of carbonyl (C=O) groups is 1. The molecule has 132 valence electrons. The summed E-state index contributed by atoms with van der Waals surface area (Å²) in [5.41, 5.74) is -0.228. The second-order valence-electron chi connectivity index (χ2n) is 6.28. The van der Waals surface area contributed by atoms with Crippen molar-refractivity contribution in [2.75, 3.05) is 6.54 Å². The number of piperidine rings is 1. The van der Waals surface area contributed by atoms with Crippen LogP contribution in [-0.2, 0) is 11.3 Å². The second kappa shape index (κ2) is 7.00. The maximum atomic E-state index is 12.6. The molecule has 0 saturated carbocycles. The lowest BCUT2D eigenvalue weighted by Gasteiger charge is -2.35. The lowest BCUT2D eigenvalue weighted by molar-refractivity contribution is -0.384. The first-order valence-electron chi connectivity index (χ1n) is 8.44. The lowest BCUT2D eigenvalue weighted by atomic mass is 10.00. The summed E-state index contributed by atoms with van der Waals surface area (Å²) in [4.78, 5) is 41.6. The van der Waals surface area contributed by atoms with Gasteiger partial charge in [-0.1, -0.05) is 6.92 Å². The summed E-state index contributed by atoms with van der Waals surface area (Å²) >= 11 is 0. The molecule has 0 N–H and O–H groups in total.